The van der Waals surface area contributed by atoms with E-state index in [1.165, 1.54) is 10.6 Å². The monoisotopic (exact) mass is 389 g/mol. The lowest BCUT2D eigenvalue weighted by Crippen LogP contribution is -2.30. The van der Waals surface area contributed by atoms with Gasteiger partial charge in [-0.2, -0.15) is 4.31 Å². The Morgan fingerprint density at radius 3 is 2.48 bits per heavy atom. The van der Waals surface area contributed by atoms with Gasteiger partial charge in [0.1, 0.15) is 0 Å². The van der Waals surface area contributed by atoms with Gasteiger partial charge in [0.2, 0.25) is 21.9 Å². The summed E-state index contributed by atoms with van der Waals surface area (Å²) in [6.07, 6.45) is 4.40. The van der Waals surface area contributed by atoms with Crippen LogP contribution in [-0.2, 0) is 10.0 Å². The predicted octanol–water partition coefficient (Wildman–Crippen LogP) is 1.41. The van der Waals surface area contributed by atoms with Gasteiger partial charge in [0.15, 0.2) is 0 Å². The molecular formula is C18H23N5O3S. The smallest absolute Gasteiger partial charge is 0.248 e. The van der Waals surface area contributed by atoms with E-state index < -0.39 is 15.9 Å². The second-order valence-electron chi connectivity index (χ2n) is 6.84. The van der Waals surface area contributed by atoms with Crippen LogP contribution >= 0.6 is 0 Å². The van der Waals surface area contributed by atoms with Gasteiger partial charge in [-0.05, 0) is 30.5 Å². The summed E-state index contributed by atoms with van der Waals surface area (Å²) >= 11 is 0. The van der Waals surface area contributed by atoms with Gasteiger partial charge >= 0.3 is 0 Å². The Hall–Kier alpha value is -2.52. The Morgan fingerprint density at radius 2 is 1.93 bits per heavy atom. The van der Waals surface area contributed by atoms with E-state index in [4.69, 9.17) is 5.73 Å². The molecule has 0 aliphatic carbocycles. The zero-order valence-corrected chi connectivity index (χ0v) is 16.4. The lowest BCUT2D eigenvalue weighted by atomic mass is 9.99. The Bertz CT molecular complexity index is 957. The minimum Gasteiger partial charge on any atom is -0.366 e. The van der Waals surface area contributed by atoms with Crippen LogP contribution in [0.5, 0.6) is 0 Å². The zero-order chi connectivity index (χ0) is 19.8. The molecule has 1 aliphatic heterocycles. The van der Waals surface area contributed by atoms with Crippen molar-refractivity contribution in [3.63, 3.8) is 0 Å². The third kappa shape index (κ3) is 3.93. The highest BCUT2D eigenvalue weighted by Crippen LogP contribution is 2.38. The maximum absolute atomic E-state index is 12.2. The van der Waals surface area contributed by atoms with Crippen molar-refractivity contribution in [1.82, 2.24) is 14.3 Å². The van der Waals surface area contributed by atoms with Crippen LogP contribution in [0.2, 0.25) is 0 Å². The van der Waals surface area contributed by atoms with Crippen molar-refractivity contribution in [3.8, 4) is 11.1 Å². The number of primary amides is 1. The van der Waals surface area contributed by atoms with E-state index >= 15 is 0 Å². The number of amides is 1. The molecule has 1 aromatic carbocycles. The van der Waals surface area contributed by atoms with Gasteiger partial charge in [-0.3, -0.25) is 4.79 Å². The third-order valence-corrected chi connectivity index (χ3v) is 5.92. The maximum atomic E-state index is 12.2. The summed E-state index contributed by atoms with van der Waals surface area (Å²) in [7, 11) is 0.322. The summed E-state index contributed by atoms with van der Waals surface area (Å²) in [4.78, 5) is 22.2. The van der Waals surface area contributed by atoms with Gasteiger partial charge < -0.3 is 10.6 Å². The van der Waals surface area contributed by atoms with Crippen LogP contribution < -0.4 is 10.6 Å². The molecule has 3 rings (SSSR count). The minimum atomic E-state index is -3.35. The topological polar surface area (TPSA) is 109 Å². The summed E-state index contributed by atoms with van der Waals surface area (Å²) in [6.45, 7) is 0.477. The number of nitrogens with zero attached hydrogens (tertiary/aromatic N) is 4. The van der Waals surface area contributed by atoms with Crippen molar-refractivity contribution in [2.75, 3.05) is 31.8 Å². The number of benzene rings is 1. The molecule has 0 radical (unpaired) electrons. The molecule has 0 spiro atoms. The minimum absolute atomic E-state index is 0.340. The number of anilines is 1. The molecule has 2 heterocycles. The second kappa shape index (κ2) is 7.24. The first kappa shape index (κ1) is 19.2. The average Bonchev–Trinajstić information content (AvgIpc) is 3.11. The molecule has 9 heteroatoms. The predicted molar refractivity (Wildman–Crippen MR) is 104 cm³/mol. The van der Waals surface area contributed by atoms with E-state index in [0.29, 0.717) is 30.2 Å². The Balaban J connectivity index is 2.13. The lowest BCUT2D eigenvalue weighted by Gasteiger charge is -2.24. The number of sulfonamides is 1. The zero-order valence-electron chi connectivity index (χ0n) is 15.6. The summed E-state index contributed by atoms with van der Waals surface area (Å²) in [5.74, 6) is 0.0166. The molecule has 8 nitrogen and oxygen atoms in total. The van der Waals surface area contributed by atoms with Crippen LogP contribution in [0.3, 0.4) is 0 Å². The van der Waals surface area contributed by atoms with Gasteiger partial charge in [-0.15, -0.1) is 0 Å². The molecule has 1 saturated heterocycles. The Morgan fingerprint density at radius 1 is 1.26 bits per heavy atom. The molecule has 1 atom stereocenters. The van der Waals surface area contributed by atoms with Crippen molar-refractivity contribution in [2.24, 2.45) is 5.73 Å². The van der Waals surface area contributed by atoms with Crippen molar-refractivity contribution >= 4 is 21.9 Å². The molecule has 144 valence electrons. The number of aromatic nitrogens is 2. The first-order chi connectivity index (χ1) is 12.7. The largest absolute Gasteiger partial charge is 0.366 e. The number of carbonyl (C=O) groups excluding carboxylic acids is 1. The summed E-state index contributed by atoms with van der Waals surface area (Å²) in [5, 5.41) is 0. The van der Waals surface area contributed by atoms with E-state index in [2.05, 4.69) is 9.97 Å². The third-order valence-electron chi connectivity index (χ3n) is 4.63. The molecule has 1 aliphatic rings. The SMILES string of the molecule is CN(C)c1ncc(-c2ccc(C(N)=O)cc2)c([C@H]2CCCN2S(C)(=O)=O)n1. The maximum Gasteiger partial charge on any atom is 0.248 e. The van der Waals surface area contributed by atoms with Crippen LogP contribution in [-0.4, -0.2) is 55.5 Å². The van der Waals surface area contributed by atoms with E-state index in [1.807, 2.05) is 14.1 Å². The normalized spacial score (nSPS) is 17.8. The molecule has 0 bridgehead atoms. The summed E-state index contributed by atoms with van der Waals surface area (Å²) in [5.41, 5.74) is 7.94. The first-order valence-corrected chi connectivity index (χ1v) is 10.4. The molecule has 2 aromatic rings. The van der Waals surface area contributed by atoms with E-state index in [9.17, 15) is 13.2 Å². The van der Waals surface area contributed by atoms with E-state index in [0.717, 1.165) is 17.5 Å². The van der Waals surface area contributed by atoms with Crippen LogP contribution in [0, 0.1) is 0 Å². The molecule has 27 heavy (non-hydrogen) atoms. The standard InChI is InChI=1S/C18H23N5O3S/c1-22(2)18-20-11-14(12-6-8-13(9-7-12)17(19)24)16(21-18)15-5-4-10-23(15)27(3,25)26/h6-9,11,15H,4-5,10H2,1-3H3,(H2,19,24)/t15-/m1/s1. The fraction of sp³-hybridized carbons (Fsp3) is 0.389. The lowest BCUT2D eigenvalue weighted by molar-refractivity contribution is 0.100. The highest BCUT2D eigenvalue weighted by atomic mass is 32.2. The van der Waals surface area contributed by atoms with Crippen molar-refractivity contribution in [3.05, 3.63) is 41.7 Å². The Labute approximate surface area is 159 Å². The second-order valence-corrected chi connectivity index (χ2v) is 8.77. The highest BCUT2D eigenvalue weighted by molar-refractivity contribution is 7.88. The van der Waals surface area contributed by atoms with Crippen LogP contribution in [0.4, 0.5) is 5.95 Å². The number of carbonyl (C=O) groups is 1. The number of hydrogen-bond acceptors (Lipinski definition) is 6. The first-order valence-electron chi connectivity index (χ1n) is 8.60. The molecule has 2 N–H and O–H groups in total. The fourth-order valence-corrected chi connectivity index (χ4v) is 4.43. The van der Waals surface area contributed by atoms with E-state index in [-0.39, 0.29) is 6.04 Å². The highest BCUT2D eigenvalue weighted by Gasteiger charge is 2.35. The van der Waals surface area contributed by atoms with Gasteiger partial charge in [-0.25, -0.2) is 18.4 Å². The Kier molecular flexibility index (Phi) is 5.16. The van der Waals surface area contributed by atoms with Gasteiger partial charge in [0, 0.05) is 38.0 Å². The number of nitrogens with two attached hydrogens (primary N) is 1. The van der Waals surface area contributed by atoms with Crippen LogP contribution in [0.15, 0.2) is 30.5 Å². The van der Waals surface area contributed by atoms with Crippen molar-refractivity contribution in [1.29, 1.82) is 0 Å². The van der Waals surface area contributed by atoms with Crippen LogP contribution in [0.25, 0.3) is 11.1 Å². The van der Waals surface area contributed by atoms with Gasteiger partial charge in [0.05, 0.1) is 18.0 Å². The molecule has 0 unspecified atom stereocenters. The van der Waals surface area contributed by atoms with E-state index in [1.54, 1.807) is 35.4 Å². The molecule has 1 aromatic heterocycles. The molecule has 0 saturated carbocycles. The summed E-state index contributed by atoms with van der Waals surface area (Å²) in [6, 6.07) is 6.50. The number of rotatable bonds is 5. The number of hydrogen-bond donors (Lipinski definition) is 1. The van der Waals surface area contributed by atoms with Crippen LogP contribution in [0.1, 0.15) is 34.9 Å². The van der Waals surface area contributed by atoms with Gasteiger partial charge in [0.25, 0.3) is 0 Å². The average molecular weight is 389 g/mol. The molecule has 1 amide bonds. The van der Waals surface area contributed by atoms with Crippen molar-refractivity contribution < 1.29 is 13.2 Å². The van der Waals surface area contributed by atoms with Gasteiger partial charge in [-0.1, -0.05) is 12.1 Å². The van der Waals surface area contributed by atoms with Crippen molar-refractivity contribution in [2.45, 2.75) is 18.9 Å². The quantitative estimate of drug-likeness (QED) is 0.828. The fourth-order valence-electron chi connectivity index (χ4n) is 3.30. The summed E-state index contributed by atoms with van der Waals surface area (Å²) < 4.78 is 25.9. The molecule has 1 fully saturated rings. The molecular weight excluding hydrogens is 366 g/mol.